The molecule has 3 aliphatic heterocycles. The second-order valence-corrected chi connectivity index (χ2v) is 11.9. The Morgan fingerprint density at radius 3 is 2.78 bits per heavy atom. The molecule has 5 heteroatoms. The first-order valence-electron chi connectivity index (χ1n) is 14.3. The average molecular weight is 511 g/mol. The third-order valence-electron chi connectivity index (χ3n) is 8.29. The molecule has 4 aliphatic rings. The minimum absolute atomic E-state index is 0.0169. The van der Waals surface area contributed by atoms with Crippen LogP contribution in [0, 0.1) is 23.7 Å². The van der Waals surface area contributed by atoms with Crippen LogP contribution in [0.3, 0.4) is 0 Å². The van der Waals surface area contributed by atoms with Gasteiger partial charge in [-0.15, -0.1) is 0 Å². The Hall–Kier alpha value is -1.95. The van der Waals surface area contributed by atoms with Gasteiger partial charge < -0.3 is 19.3 Å². The predicted octanol–water partition coefficient (Wildman–Crippen LogP) is 6.25. The lowest BCUT2D eigenvalue weighted by molar-refractivity contribution is -0.145. The molecule has 1 saturated carbocycles. The number of cyclic esters (lactones) is 1. The monoisotopic (exact) mass is 510 g/mol. The maximum atomic E-state index is 12.8. The van der Waals surface area contributed by atoms with E-state index in [1.165, 1.54) is 5.57 Å². The van der Waals surface area contributed by atoms with E-state index >= 15 is 0 Å². The van der Waals surface area contributed by atoms with Crippen molar-refractivity contribution in [1.29, 1.82) is 0 Å². The van der Waals surface area contributed by atoms with Crippen LogP contribution >= 0.6 is 0 Å². The lowest BCUT2D eigenvalue weighted by Gasteiger charge is -2.28. The van der Waals surface area contributed by atoms with Gasteiger partial charge in [-0.3, -0.25) is 0 Å². The summed E-state index contributed by atoms with van der Waals surface area (Å²) >= 11 is 0. The zero-order valence-electron chi connectivity index (χ0n) is 22.9. The van der Waals surface area contributed by atoms with Crippen molar-refractivity contribution in [3.63, 3.8) is 0 Å². The van der Waals surface area contributed by atoms with Crippen LogP contribution in [-0.2, 0) is 19.0 Å². The molecule has 37 heavy (non-hydrogen) atoms. The molecule has 0 radical (unpaired) electrons. The number of carbonyl (C=O) groups excluding carboxylic acids is 1. The SMILES string of the molecule is C=C1C[C@H](C)C[C@@H]2CC=C[C@@H](C/C=C\C(=O)O[C@H]([C@@H](C)/C=C/[C@@H]3CC(C)=CCO3)C[C@H]3C[C@H]3[C@@H](O)C1)O2. The van der Waals surface area contributed by atoms with E-state index < -0.39 is 0 Å². The molecule has 0 saturated heterocycles. The zero-order chi connectivity index (χ0) is 26.4. The van der Waals surface area contributed by atoms with Gasteiger partial charge >= 0.3 is 5.97 Å². The largest absolute Gasteiger partial charge is 0.459 e. The molecular formula is C32H46O5. The molecule has 3 heterocycles. The number of rotatable bonds is 3. The van der Waals surface area contributed by atoms with Gasteiger partial charge in [0.05, 0.1) is 31.0 Å². The summed E-state index contributed by atoms with van der Waals surface area (Å²) in [7, 11) is 0. The Morgan fingerprint density at radius 2 is 1.97 bits per heavy atom. The molecule has 0 spiro atoms. The standard InChI is InChI=1S/C32H46O5/c1-21-13-14-35-27(16-21)12-11-24(4)31-20-25-19-29(25)30(33)18-23(3)15-22(2)17-28-9-5-7-26(36-28)8-6-10-32(34)37-31/h5-7,10-13,22,24-31,33H,3,8-9,14-20H2,1-2,4H3/b10-6-,12-11+/t22-,24-,25+,26-,27+,28-,29+,30-,31-/m0/s1. The Kier molecular flexibility index (Phi) is 10.0. The third kappa shape index (κ3) is 8.80. The summed E-state index contributed by atoms with van der Waals surface area (Å²) in [4.78, 5) is 12.8. The van der Waals surface area contributed by atoms with E-state index in [1.54, 1.807) is 6.08 Å². The fourth-order valence-corrected chi connectivity index (χ4v) is 6.06. The second kappa shape index (κ2) is 13.2. The fourth-order valence-electron chi connectivity index (χ4n) is 6.06. The van der Waals surface area contributed by atoms with Crippen LogP contribution in [0.5, 0.6) is 0 Å². The Balaban J connectivity index is 1.44. The number of ether oxygens (including phenoxy) is 3. The summed E-state index contributed by atoms with van der Waals surface area (Å²) in [5.41, 5.74) is 2.46. The zero-order valence-corrected chi connectivity index (χ0v) is 22.9. The van der Waals surface area contributed by atoms with Crippen molar-refractivity contribution in [1.82, 2.24) is 0 Å². The average Bonchev–Trinajstić information content (AvgIpc) is 3.61. The molecule has 2 bridgehead atoms. The van der Waals surface area contributed by atoms with Gasteiger partial charge in [-0.25, -0.2) is 4.79 Å². The summed E-state index contributed by atoms with van der Waals surface area (Å²) in [5, 5.41) is 10.9. The lowest BCUT2D eigenvalue weighted by Crippen LogP contribution is -2.27. The van der Waals surface area contributed by atoms with Gasteiger partial charge in [-0.2, -0.15) is 0 Å². The number of hydrogen-bond donors (Lipinski definition) is 1. The molecule has 5 nitrogen and oxygen atoms in total. The summed E-state index contributed by atoms with van der Waals surface area (Å²) in [6.07, 6.45) is 20.4. The molecule has 0 aromatic carbocycles. The van der Waals surface area contributed by atoms with Gasteiger partial charge in [0.1, 0.15) is 6.10 Å². The molecule has 0 unspecified atom stereocenters. The highest BCUT2D eigenvalue weighted by Gasteiger charge is 2.44. The van der Waals surface area contributed by atoms with E-state index in [4.69, 9.17) is 14.2 Å². The van der Waals surface area contributed by atoms with Crippen molar-refractivity contribution in [3.05, 3.63) is 60.3 Å². The summed E-state index contributed by atoms with van der Waals surface area (Å²) in [6, 6.07) is 0. The van der Waals surface area contributed by atoms with Crippen LogP contribution < -0.4 is 0 Å². The number of carbonyl (C=O) groups is 1. The molecule has 204 valence electrons. The second-order valence-electron chi connectivity index (χ2n) is 11.9. The van der Waals surface area contributed by atoms with Crippen LogP contribution in [0.25, 0.3) is 0 Å². The van der Waals surface area contributed by atoms with Crippen molar-refractivity contribution in [3.8, 4) is 0 Å². The van der Waals surface area contributed by atoms with Gasteiger partial charge in [0.15, 0.2) is 0 Å². The summed E-state index contributed by atoms with van der Waals surface area (Å²) in [6.45, 7) is 11.4. The first kappa shape index (κ1) is 28.1. The van der Waals surface area contributed by atoms with Gasteiger partial charge in [0.2, 0.25) is 0 Å². The maximum absolute atomic E-state index is 12.8. The van der Waals surface area contributed by atoms with Crippen LogP contribution in [0.4, 0.5) is 0 Å². The van der Waals surface area contributed by atoms with Crippen molar-refractivity contribution in [2.45, 2.75) is 103 Å². The Morgan fingerprint density at radius 1 is 1.14 bits per heavy atom. The minimum atomic E-state index is -0.380. The highest BCUT2D eigenvalue weighted by atomic mass is 16.5. The molecule has 1 fully saturated rings. The molecular weight excluding hydrogens is 464 g/mol. The van der Waals surface area contributed by atoms with Crippen LogP contribution in [0.15, 0.2) is 60.3 Å². The van der Waals surface area contributed by atoms with E-state index in [9.17, 15) is 9.90 Å². The molecule has 1 N–H and O–H groups in total. The number of fused-ring (bicyclic) bond motifs is 3. The first-order chi connectivity index (χ1) is 17.8. The normalized spacial score (nSPS) is 39.6. The first-order valence-corrected chi connectivity index (χ1v) is 14.3. The van der Waals surface area contributed by atoms with Crippen molar-refractivity contribution in [2.75, 3.05) is 6.61 Å². The number of aliphatic hydroxyl groups is 1. The highest BCUT2D eigenvalue weighted by molar-refractivity contribution is 5.82. The molecule has 0 aromatic rings. The quantitative estimate of drug-likeness (QED) is 0.359. The number of hydrogen-bond acceptors (Lipinski definition) is 5. The third-order valence-corrected chi connectivity index (χ3v) is 8.29. The van der Waals surface area contributed by atoms with Gasteiger partial charge in [-0.1, -0.05) is 68.0 Å². The predicted molar refractivity (Wildman–Crippen MR) is 147 cm³/mol. The van der Waals surface area contributed by atoms with Crippen LogP contribution in [0.2, 0.25) is 0 Å². The van der Waals surface area contributed by atoms with Gasteiger partial charge in [0.25, 0.3) is 0 Å². The van der Waals surface area contributed by atoms with Gasteiger partial charge in [0, 0.05) is 12.0 Å². The molecule has 9 atom stereocenters. The van der Waals surface area contributed by atoms with Crippen LogP contribution in [0.1, 0.15) is 72.1 Å². The molecule has 0 amide bonds. The van der Waals surface area contributed by atoms with Crippen LogP contribution in [-0.4, -0.2) is 48.2 Å². The topological polar surface area (TPSA) is 65.0 Å². The molecule has 4 rings (SSSR count). The van der Waals surface area contributed by atoms with Crippen molar-refractivity contribution >= 4 is 5.97 Å². The number of aliphatic hydroxyl groups excluding tert-OH is 1. The van der Waals surface area contributed by atoms with E-state index in [2.05, 4.69) is 57.7 Å². The molecule has 1 aliphatic carbocycles. The smallest absolute Gasteiger partial charge is 0.330 e. The maximum Gasteiger partial charge on any atom is 0.330 e. The minimum Gasteiger partial charge on any atom is -0.459 e. The van der Waals surface area contributed by atoms with Gasteiger partial charge in [-0.05, 0) is 76.0 Å². The van der Waals surface area contributed by atoms with E-state index in [0.717, 1.165) is 44.1 Å². The van der Waals surface area contributed by atoms with E-state index in [0.29, 0.717) is 31.3 Å². The van der Waals surface area contributed by atoms with E-state index in [-0.39, 0.29) is 48.3 Å². The molecule has 0 aromatic heterocycles. The highest BCUT2D eigenvalue weighted by Crippen LogP contribution is 2.47. The van der Waals surface area contributed by atoms with Crippen molar-refractivity contribution in [2.24, 2.45) is 23.7 Å². The van der Waals surface area contributed by atoms with Crippen molar-refractivity contribution < 1.29 is 24.1 Å². The fraction of sp³-hybridized carbons (Fsp3) is 0.656. The lowest BCUT2D eigenvalue weighted by atomic mass is 9.90. The van der Waals surface area contributed by atoms with E-state index in [1.807, 2.05) is 6.08 Å². The summed E-state index contributed by atoms with van der Waals surface area (Å²) < 4.78 is 18.1. The Labute approximate surface area is 223 Å². The Bertz CT molecular complexity index is 914. The number of esters is 1. The summed E-state index contributed by atoms with van der Waals surface area (Å²) in [5.74, 6) is 0.819.